The number of likely N-dealkylation sites (tertiary alicyclic amines) is 1. The van der Waals surface area contributed by atoms with E-state index in [1.165, 1.54) is 22.7 Å². The molecule has 4 heterocycles. The number of aromatic nitrogens is 3. The molecule has 2 amide bonds. The molecule has 0 unspecified atom stereocenters. The van der Waals surface area contributed by atoms with Gasteiger partial charge in [0.15, 0.2) is 9.84 Å². The Morgan fingerprint density at radius 1 is 1.18 bits per heavy atom. The van der Waals surface area contributed by atoms with Crippen LogP contribution in [0.4, 0.5) is 4.79 Å². The number of hydrogen-bond donors (Lipinski definition) is 1. The standard InChI is InChI=1S/C22H26N6O3S2/c1-15(16-3-4-19-18(9-16)25-14-32-19)27-7-5-22(6-8-27)13-28(21(29)26-22)12-20-23-10-17(11-24-20)33(2,30)31/h3-4,9-11,14-15H,5-8,12-13H2,1-2H3,(H,26,29)/t15-/m1/s1. The van der Waals surface area contributed by atoms with E-state index >= 15 is 0 Å². The van der Waals surface area contributed by atoms with Crippen molar-refractivity contribution in [2.45, 2.75) is 42.8 Å². The number of rotatable bonds is 5. The number of urea groups is 1. The maximum absolute atomic E-state index is 12.7. The van der Waals surface area contributed by atoms with Gasteiger partial charge in [-0.2, -0.15) is 0 Å². The van der Waals surface area contributed by atoms with Gasteiger partial charge >= 0.3 is 6.03 Å². The molecule has 33 heavy (non-hydrogen) atoms. The zero-order valence-corrected chi connectivity index (χ0v) is 20.2. The van der Waals surface area contributed by atoms with Crippen molar-refractivity contribution in [1.29, 1.82) is 0 Å². The molecule has 2 aromatic heterocycles. The second-order valence-corrected chi connectivity index (χ2v) is 11.9. The number of nitrogens with one attached hydrogen (secondary N) is 1. The topological polar surface area (TPSA) is 108 Å². The van der Waals surface area contributed by atoms with E-state index in [0.29, 0.717) is 12.4 Å². The fourth-order valence-electron chi connectivity index (χ4n) is 4.67. The van der Waals surface area contributed by atoms with E-state index in [2.05, 4.69) is 50.3 Å². The lowest BCUT2D eigenvalue weighted by Gasteiger charge is -2.41. The number of fused-ring (bicyclic) bond motifs is 1. The van der Waals surface area contributed by atoms with Crippen LogP contribution in [-0.2, 0) is 16.4 Å². The number of thiazole rings is 1. The summed E-state index contributed by atoms with van der Waals surface area (Å²) in [4.78, 5) is 29.6. The van der Waals surface area contributed by atoms with Gasteiger partial charge in [0.1, 0.15) is 10.7 Å². The van der Waals surface area contributed by atoms with Crippen LogP contribution in [0.5, 0.6) is 0 Å². The molecule has 1 atom stereocenters. The molecule has 0 saturated carbocycles. The number of hydrogen-bond acceptors (Lipinski definition) is 8. The van der Waals surface area contributed by atoms with Gasteiger partial charge in [0.05, 0.1) is 27.8 Å². The summed E-state index contributed by atoms with van der Waals surface area (Å²) in [5.74, 6) is 0.429. The molecule has 3 aromatic rings. The second-order valence-electron chi connectivity index (χ2n) is 8.97. The Hall–Kier alpha value is -2.63. The maximum Gasteiger partial charge on any atom is 0.318 e. The molecule has 2 aliphatic rings. The van der Waals surface area contributed by atoms with E-state index in [9.17, 15) is 13.2 Å². The average molecular weight is 487 g/mol. The monoisotopic (exact) mass is 486 g/mol. The summed E-state index contributed by atoms with van der Waals surface area (Å²) < 4.78 is 24.4. The van der Waals surface area contributed by atoms with E-state index in [1.807, 2.05) is 5.51 Å². The Morgan fingerprint density at radius 3 is 2.61 bits per heavy atom. The first-order valence-corrected chi connectivity index (χ1v) is 13.6. The molecule has 1 spiro atoms. The number of carbonyl (C=O) groups is 1. The maximum atomic E-state index is 12.7. The molecule has 2 aliphatic heterocycles. The summed E-state index contributed by atoms with van der Waals surface area (Å²) in [7, 11) is -3.35. The number of carbonyl (C=O) groups excluding carboxylic acids is 1. The van der Waals surface area contributed by atoms with Gasteiger partial charge in [-0.3, -0.25) is 4.90 Å². The number of sulfone groups is 1. The van der Waals surface area contributed by atoms with Crippen molar-refractivity contribution in [3.8, 4) is 0 Å². The third-order valence-electron chi connectivity index (χ3n) is 6.73. The molecule has 0 bridgehead atoms. The van der Waals surface area contributed by atoms with Crippen LogP contribution < -0.4 is 5.32 Å². The minimum Gasteiger partial charge on any atom is -0.331 e. The predicted molar refractivity (Wildman–Crippen MR) is 126 cm³/mol. The van der Waals surface area contributed by atoms with Gasteiger partial charge in [0.25, 0.3) is 0 Å². The molecule has 9 nitrogen and oxygen atoms in total. The molecule has 11 heteroatoms. The lowest BCUT2D eigenvalue weighted by molar-refractivity contribution is 0.115. The first-order valence-electron chi connectivity index (χ1n) is 10.9. The van der Waals surface area contributed by atoms with Gasteiger partial charge in [0, 0.05) is 44.3 Å². The van der Waals surface area contributed by atoms with Gasteiger partial charge in [-0.25, -0.2) is 28.2 Å². The predicted octanol–water partition coefficient (Wildman–Crippen LogP) is 2.61. The van der Waals surface area contributed by atoms with Gasteiger partial charge in [0.2, 0.25) is 0 Å². The molecular formula is C22H26N6O3S2. The summed E-state index contributed by atoms with van der Waals surface area (Å²) in [5.41, 5.74) is 3.93. The summed E-state index contributed by atoms with van der Waals surface area (Å²) in [6.07, 6.45) is 5.45. The van der Waals surface area contributed by atoms with Crippen molar-refractivity contribution in [3.05, 3.63) is 47.5 Å². The van der Waals surface area contributed by atoms with Crippen molar-refractivity contribution >= 4 is 37.4 Å². The Balaban J connectivity index is 1.21. The van der Waals surface area contributed by atoms with Gasteiger partial charge in [-0.05, 0) is 37.5 Å². The van der Waals surface area contributed by atoms with Crippen molar-refractivity contribution in [2.24, 2.45) is 0 Å². The van der Waals surface area contributed by atoms with E-state index in [0.717, 1.165) is 37.7 Å². The van der Waals surface area contributed by atoms with Gasteiger partial charge in [-0.15, -0.1) is 11.3 Å². The SMILES string of the molecule is C[C@H](c1ccc2scnc2c1)N1CCC2(CC1)CN(Cc1ncc(S(C)(=O)=O)cn1)C(=O)N2. The highest BCUT2D eigenvalue weighted by Gasteiger charge is 2.45. The Kier molecular flexibility index (Phi) is 5.58. The number of piperidine rings is 1. The molecule has 5 rings (SSSR count). The smallest absolute Gasteiger partial charge is 0.318 e. The molecule has 174 valence electrons. The highest BCUT2D eigenvalue weighted by Crippen LogP contribution is 2.33. The lowest BCUT2D eigenvalue weighted by Crippen LogP contribution is -2.52. The van der Waals surface area contributed by atoms with Crippen LogP contribution in [0.3, 0.4) is 0 Å². The van der Waals surface area contributed by atoms with Crippen LogP contribution in [0.1, 0.15) is 37.2 Å². The van der Waals surface area contributed by atoms with Crippen molar-refractivity contribution in [3.63, 3.8) is 0 Å². The summed E-state index contributed by atoms with van der Waals surface area (Å²) >= 11 is 1.65. The minimum atomic E-state index is -3.35. The van der Waals surface area contributed by atoms with E-state index in [4.69, 9.17) is 0 Å². The molecule has 2 fully saturated rings. The third-order valence-corrected chi connectivity index (χ3v) is 8.61. The molecule has 2 saturated heterocycles. The third kappa shape index (κ3) is 4.44. The number of benzene rings is 1. The minimum absolute atomic E-state index is 0.0732. The van der Waals surface area contributed by atoms with Crippen LogP contribution in [-0.4, -0.2) is 70.6 Å². The highest BCUT2D eigenvalue weighted by atomic mass is 32.2. The lowest BCUT2D eigenvalue weighted by atomic mass is 9.87. The molecule has 0 aliphatic carbocycles. The van der Waals surface area contributed by atoms with Gasteiger partial charge in [-0.1, -0.05) is 6.07 Å². The second kappa shape index (κ2) is 8.30. The zero-order chi connectivity index (χ0) is 23.2. The summed E-state index contributed by atoms with van der Waals surface area (Å²) in [6.45, 7) is 4.86. The van der Waals surface area contributed by atoms with Crippen LogP contribution in [0.25, 0.3) is 10.2 Å². The molecule has 0 radical (unpaired) electrons. The van der Waals surface area contributed by atoms with Gasteiger partial charge < -0.3 is 10.2 Å². The number of amides is 2. The highest BCUT2D eigenvalue weighted by molar-refractivity contribution is 7.90. The molecule has 1 aromatic carbocycles. The zero-order valence-electron chi connectivity index (χ0n) is 18.6. The van der Waals surface area contributed by atoms with E-state index < -0.39 is 9.84 Å². The van der Waals surface area contributed by atoms with E-state index in [1.54, 1.807) is 16.2 Å². The fraction of sp³-hybridized carbons (Fsp3) is 0.455. The summed E-state index contributed by atoms with van der Waals surface area (Å²) in [5, 5.41) is 3.20. The quantitative estimate of drug-likeness (QED) is 0.590. The van der Waals surface area contributed by atoms with Crippen LogP contribution in [0.15, 0.2) is 41.0 Å². The van der Waals surface area contributed by atoms with E-state index in [-0.39, 0.29) is 29.1 Å². The molecular weight excluding hydrogens is 460 g/mol. The Labute approximate surface area is 196 Å². The Bertz CT molecular complexity index is 1280. The molecule has 1 N–H and O–H groups in total. The van der Waals surface area contributed by atoms with Crippen LogP contribution >= 0.6 is 11.3 Å². The van der Waals surface area contributed by atoms with Crippen LogP contribution in [0, 0.1) is 0 Å². The first kappa shape index (κ1) is 22.2. The Morgan fingerprint density at radius 2 is 1.91 bits per heavy atom. The average Bonchev–Trinajstić information content (AvgIpc) is 3.37. The largest absolute Gasteiger partial charge is 0.331 e. The van der Waals surface area contributed by atoms with Crippen molar-refractivity contribution in [1.82, 2.24) is 30.1 Å². The normalized spacial score (nSPS) is 19.8. The summed E-state index contributed by atoms with van der Waals surface area (Å²) in [6, 6.07) is 6.66. The van der Waals surface area contributed by atoms with Crippen molar-refractivity contribution in [2.75, 3.05) is 25.9 Å². The van der Waals surface area contributed by atoms with Crippen LogP contribution in [0.2, 0.25) is 0 Å². The van der Waals surface area contributed by atoms with Crippen molar-refractivity contribution < 1.29 is 13.2 Å². The number of nitrogens with zero attached hydrogens (tertiary/aromatic N) is 5. The fourth-order valence-corrected chi connectivity index (χ4v) is 5.81. The first-order chi connectivity index (χ1) is 15.7.